The molecule has 0 unspecified atom stereocenters. The minimum Gasteiger partial charge on any atom is -0.490 e. The first kappa shape index (κ1) is 13.2. The largest absolute Gasteiger partial charge is 0.490 e. The van der Waals surface area contributed by atoms with E-state index in [1.807, 2.05) is 32.9 Å². The number of benzene rings is 1. The van der Waals surface area contributed by atoms with E-state index in [4.69, 9.17) is 4.74 Å². The maximum absolute atomic E-state index is 12.4. The standard InChI is InChI=1S/C15H16N2O2/c1-10(2)19-14-7-5-4-6-12(14)15(18)13-9-16-11(3)8-17-13/h4-10H,1-3H3. The molecule has 0 spiro atoms. The van der Waals surface area contributed by atoms with E-state index in [2.05, 4.69) is 9.97 Å². The van der Waals surface area contributed by atoms with Crippen molar-refractivity contribution in [3.05, 3.63) is 53.6 Å². The molecule has 0 aliphatic heterocycles. The molecule has 4 nitrogen and oxygen atoms in total. The Kier molecular flexibility index (Phi) is 3.90. The molecule has 0 saturated carbocycles. The first-order valence-corrected chi connectivity index (χ1v) is 6.17. The van der Waals surface area contributed by atoms with Crippen LogP contribution in [0, 0.1) is 6.92 Å². The number of nitrogens with zero attached hydrogens (tertiary/aromatic N) is 2. The number of para-hydroxylation sites is 1. The van der Waals surface area contributed by atoms with Crippen molar-refractivity contribution in [2.24, 2.45) is 0 Å². The molecule has 0 radical (unpaired) electrons. The molecule has 0 amide bonds. The highest BCUT2D eigenvalue weighted by Gasteiger charge is 2.16. The molecule has 4 heteroatoms. The maximum Gasteiger partial charge on any atom is 0.216 e. The fraction of sp³-hybridized carbons (Fsp3) is 0.267. The second-order valence-electron chi connectivity index (χ2n) is 4.53. The molecule has 0 N–H and O–H groups in total. The zero-order valence-electron chi connectivity index (χ0n) is 11.3. The summed E-state index contributed by atoms with van der Waals surface area (Å²) in [5.41, 5.74) is 1.61. The molecule has 0 bridgehead atoms. The summed E-state index contributed by atoms with van der Waals surface area (Å²) in [6.45, 7) is 5.68. The van der Waals surface area contributed by atoms with Crippen LogP contribution in [0.25, 0.3) is 0 Å². The van der Waals surface area contributed by atoms with Gasteiger partial charge in [-0.05, 0) is 32.9 Å². The van der Waals surface area contributed by atoms with Crippen LogP contribution in [-0.4, -0.2) is 21.9 Å². The van der Waals surface area contributed by atoms with Gasteiger partial charge in [-0.2, -0.15) is 0 Å². The minimum absolute atomic E-state index is 0.0121. The Morgan fingerprint density at radius 3 is 2.53 bits per heavy atom. The van der Waals surface area contributed by atoms with Gasteiger partial charge in [0.2, 0.25) is 5.78 Å². The Balaban J connectivity index is 2.35. The van der Waals surface area contributed by atoms with Crippen molar-refractivity contribution in [1.29, 1.82) is 0 Å². The average molecular weight is 256 g/mol. The first-order chi connectivity index (χ1) is 9.08. The number of ether oxygens (including phenoxy) is 1. The van der Waals surface area contributed by atoms with Gasteiger partial charge < -0.3 is 4.74 Å². The molecule has 1 aromatic heterocycles. The van der Waals surface area contributed by atoms with Crippen LogP contribution < -0.4 is 4.74 Å². The van der Waals surface area contributed by atoms with Gasteiger partial charge >= 0.3 is 0 Å². The summed E-state index contributed by atoms with van der Waals surface area (Å²) < 4.78 is 5.64. The highest BCUT2D eigenvalue weighted by Crippen LogP contribution is 2.21. The van der Waals surface area contributed by atoms with E-state index in [0.29, 0.717) is 17.0 Å². The number of rotatable bonds is 4. The fourth-order valence-corrected chi connectivity index (χ4v) is 1.66. The fourth-order valence-electron chi connectivity index (χ4n) is 1.66. The van der Waals surface area contributed by atoms with Crippen molar-refractivity contribution >= 4 is 5.78 Å². The summed E-state index contributed by atoms with van der Waals surface area (Å²) in [4.78, 5) is 20.6. The van der Waals surface area contributed by atoms with Crippen LogP contribution in [0.5, 0.6) is 5.75 Å². The number of carbonyl (C=O) groups is 1. The van der Waals surface area contributed by atoms with Gasteiger partial charge in [0.05, 0.1) is 23.6 Å². The lowest BCUT2D eigenvalue weighted by Crippen LogP contribution is -2.11. The molecule has 19 heavy (non-hydrogen) atoms. The molecular formula is C15H16N2O2. The van der Waals surface area contributed by atoms with Crippen molar-refractivity contribution < 1.29 is 9.53 Å². The van der Waals surface area contributed by atoms with Crippen molar-refractivity contribution in [2.75, 3.05) is 0 Å². The van der Waals surface area contributed by atoms with Gasteiger partial charge in [-0.1, -0.05) is 12.1 Å². The summed E-state index contributed by atoms with van der Waals surface area (Å²) in [5.74, 6) is 0.397. The molecule has 0 fully saturated rings. The van der Waals surface area contributed by atoms with Crippen LogP contribution in [0.3, 0.4) is 0 Å². The van der Waals surface area contributed by atoms with Gasteiger partial charge in [-0.15, -0.1) is 0 Å². The quantitative estimate of drug-likeness (QED) is 0.789. The van der Waals surface area contributed by atoms with E-state index < -0.39 is 0 Å². The molecule has 1 aromatic carbocycles. The van der Waals surface area contributed by atoms with Gasteiger partial charge in [0.25, 0.3) is 0 Å². The number of aryl methyl sites for hydroxylation is 1. The van der Waals surface area contributed by atoms with Crippen LogP contribution in [0.1, 0.15) is 35.6 Å². The number of aromatic nitrogens is 2. The van der Waals surface area contributed by atoms with Crippen LogP contribution in [0.4, 0.5) is 0 Å². The maximum atomic E-state index is 12.4. The summed E-state index contributed by atoms with van der Waals surface area (Å²) in [5, 5.41) is 0. The van der Waals surface area contributed by atoms with Crippen LogP contribution in [0.2, 0.25) is 0 Å². The molecule has 0 saturated heterocycles. The van der Waals surface area contributed by atoms with E-state index >= 15 is 0 Å². The van der Waals surface area contributed by atoms with Gasteiger partial charge in [0, 0.05) is 6.20 Å². The second-order valence-corrected chi connectivity index (χ2v) is 4.53. The Bertz CT molecular complexity index is 577. The smallest absolute Gasteiger partial charge is 0.216 e. The Labute approximate surface area is 112 Å². The predicted molar refractivity (Wildman–Crippen MR) is 72.4 cm³/mol. The van der Waals surface area contributed by atoms with E-state index in [9.17, 15) is 4.79 Å². The molecule has 2 aromatic rings. The lowest BCUT2D eigenvalue weighted by Gasteiger charge is -2.13. The zero-order chi connectivity index (χ0) is 13.8. The average Bonchev–Trinajstić information content (AvgIpc) is 2.39. The number of hydrogen-bond donors (Lipinski definition) is 0. The monoisotopic (exact) mass is 256 g/mol. The molecule has 0 aliphatic carbocycles. The van der Waals surface area contributed by atoms with E-state index in [1.165, 1.54) is 6.20 Å². The minimum atomic E-state index is -0.177. The topological polar surface area (TPSA) is 52.1 Å². The molecule has 0 aliphatic rings. The lowest BCUT2D eigenvalue weighted by atomic mass is 10.1. The molecule has 2 rings (SSSR count). The molecule has 1 heterocycles. The normalized spacial score (nSPS) is 10.5. The highest BCUT2D eigenvalue weighted by molar-refractivity contribution is 6.09. The van der Waals surface area contributed by atoms with Crippen LogP contribution in [0.15, 0.2) is 36.7 Å². The van der Waals surface area contributed by atoms with Crippen molar-refractivity contribution in [2.45, 2.75) is 26.9 Å². The van der Waals surface area contributed by atoms with Gasteiger partial charge in [0.1, 0.15) is 11.4 Å². The van der Waals surface area contributed by atoms with Gasteiger partial charge in [-0.3, -0.25) is 9.78 Å². The number of hydrogen-bond acceptors (Lipinski definition) is 4. The summed E-state index contributed by atoms with van der Waals surface area (Å²) >= 11 is 0. The molecular weight excluding hydrogens is 240 g/mol. The highest BCUT2D eigenvalue weighted by atomic mass is 16.5. The second kappa shape index (κ2) is 5.61. The van der Waals surface area contributed by atoms with Crippen molar-refractivity contribution in [3.8, 4) is 5.75 Å². The molecule has 0 atom stereocenters. The van der Waals surface area contributed by atoms with Crippen molar-refractivity contribution in [3.63, 3.8) is 0 Å². The van der Waals surface area contributed by atoms with E-state index in [-0.39, 0.29) is 11.9 Å². The number of carbonyl (C=O) groups excluding carboxylic acids is 1. The summed E-state index contributed by atoms with van der Waals surface area (Å²) in [7, 11) is 0. The Morgan fingerprint density at radius 1 is 1.16 bits per heavy atom. The van der Waals surface area contributed by atoms with E-state index in [1.54, 1.807) is 18.3 Å². The Hall–Kier alpha value is -2.23. The molecule has 98 valence electrons. The van der Waals surface area contributed by atoms with Crippen LogP contribution >= 0.6 is 0 Å². The van der Waals surface area contributed by atoms with Crippen molar-refractivity contribution in [1.82, 2.24) is 9.97 Å². The zero-order valence-corrected chi connectivity index (χ0v) is 11.3. The third-order valence-corrected chi connectivity index (χ3v) is 2.51. The predicted octanol–water partition coefficient (Wildman–Crippen LogP) is 2.80. The summed E-state index contributed by atoms with van der Waals surface area (Å²) in [6.07, 6.45) is 3.08. The van der Waals surface area contributed by atoms with E-state index in [0.717, 1.165) is 5.69 Å². The third kappa shape index (κ3) is 3.16. The van der Waals surface area contributed by atoms with Gasteiger partial charge in [0.15, 0.2) is 0 Å². The lowest BCUT2D eigenvalue weighted by molar-refractivity contribution is 0.102. The summed E-state index contributed by atoms with van der Waals surface area (Å²) in [6, 6.07) is 7.17. The third-order valence-electron chi connectivity index (χ3n) is 2.51. The first-order valence-electron chi connectivity index (χ1n) is 6.17. The number of ketones is 1. The Morgan fingerprint density at radius 2 is 1.89 bits per heavy atom. The van der Waals surface area contributed by atoms with Crippen LogP contribution in [-0.2, 0) is 0 Å². The van der Waals surface area contributed by atoms with Gasteiger partial charge in [-0.25, -0.2) is 4.98 Å². The SMILES string of the molecule is Cc1cnc(C(=O)c2ccccc2OC(C)C)cn1.